The Morgan fingerprint density at radius 1 is 1.45 bits per heavy atom. The summed E-state index contributed by atoms with van der Waals surface area (Å²) in [5.41, 5.74) is 0. The van der Waals surface area contributed by atoms with Crippen molar-refractivity contribution >= 4 is 6.03 Å². The summed E-state index contributed by atoms with van der Waals surface area (Å²) in [6.07, 6.45) is 1.07. The molecule has 4 heteroatoms. The van der Waals surface area contributed by atoms with Gasteiger partial charge in [0.05, 0.1) is 6.67 Å². The molecule has 0 radical (unpaired) electrons. The first-order chi connectivity index (χ1) is 5.24. The van der Waals surface area contributed by atoms with Crippen LogP contribution in [-0.4, -0.2) is 49.7 Å². The van der Waals surface area contributed by atoms with E-state index in [1.807, 2.05) is 11.9 Å². The Morgan fingerprint density at radius 3 is 2.73 bits per heavy atom. The summed E-state index contributed by atoms with van der Waals surface area (Å²) in [6.45, 7) is 2.72. The van der Waals surface area contributed by atoms with E-state index in [1.165, 1.54) is 0 Å². The van der Waals surface area contributed by atoms with Gasteiger partial charge in [0.15, 0.2) is 0 Å². The average Bonchev–Trinajstić information content (AvgIpc) is 2.03. The fourth-order valence-corrected chi connectivity index (χ4v) is 1.29. The summed E-state index contributed by atoms with van der Waals surface area (Å²) in [7, 11) is 3.69. The van der Waals surface area contributed by atoms with Crippen molar-refractivity contribution in [2.75, 3.05) is 33.9 Å². The molecule has 1 heterocycles. The van der Waals surface area contributed by atoms with Crippen molar-refractivity contribution in [1.82, 2.24) is 15.1 Å². The summed E-state index contributed by atoms with van der Waals surface area (Å²) in [4.78, 5) is 15.0. The Hall–Kier alpha value is -0.770. The first-order valence-corrected chi connectivity index (χ1v) is 3.89. The molecule has 1 aliphatic heterocycles. The van der Waals surface area contributed by atoms with Gasteiger partial charge in [-0.05, 0) is 13.5 Å². The van der Waals surface area contributed by atoms with E-state index in [-0.39, 0.29) is 6.03 Å². The molecular formula is C7H15N3O. The second kappa shape index (κ2) is 3.57. The van der Waals surface area contributed by atoms with Gasteiger partial charge in [0.1, 0.15) is 0 Å². The Morgan fingerprint density at radius 2 is 2.18 bits per heavy atom. The molecule has 1 aliphatic rings. The molecule has 11 heavy (non-hydrogen) atoms. The van der Waals surface area contributed by atoms with Crippen molar-refractivity contribution in [3.05, 3.63) is 0 Å². The minimum Gasteiger partial charge on any atom is -0.341 e. The fraction of sp³-hybridized carbons (Fsp3) is 0.857. The minimum atomic E-state index is 0.0246. The average molecular weight is 157 g/mol. The summed E-state index contributed by atoms with van der Waals surface area (Å²) < 4.78 is 0. The zero-order chi connectivity index (χ0) is 8.27. The normalized spacial score (nSPS) is 20.0. The highest BCUT2D eigenvalue weighted by molar-refractivity contribution is 5.73. The topological polar surface area (TPSA) is 35.6 Å². The van der Waals surface area contributed by atoms with Crippen LogP contribution in [0.5, 0.6) is 0 Å². The maximum atomic E-state index is 11.1. The second-order valence-electron chi connectivity index (χ2n) is 2.89. The first kappa shape index (κ1) is 8.33. The lowest BCUT2D eigenvalue weighted by atomic mass is 10.3. The molecule has 0 aromatic carbocycles. The van der Waals surface area contributed by atoms with Crippen molar-refractivity contribution in [2.24, 2.45) is 0 Å². The molecule has 1 rings (SSSR count). The van der Waals surface area contributed by atoms with E-state index in [0.29, 0.717) is 0 Å². The smallest absolute Gasteiger partial charge is 0.318 e. The van der Waals surface area contributed by atoms with Crippen LogP contribution in [0.1, 0.15) is 6.42 Å². The van der Waals surface area contributed by atoms with Gasteiger partial charge in [-0.15, -0.1) is 0 Å². The molecule has 1 saturated heterocycles. The number of carbonyl (C=O) groups is 1. The number of carbonyl (C=O) groups excluding carboxylic acids is 1. The second-order valence-corrected chi connectivity index (χ2v) is 2.89. The van der Waals surface area contributed by atoms with Gasteiger partial charge < -0.3 is 10.2 Å². The Kier molecular flexibility index (Phi) is 2.70. The molecule has 1 fully saturated rings. The SMILES string of the molecule is CNC(=O)N1CCCN(C)C1. The van der Waals surface area contributed by atoms with Crippen LogP contribution in [0.15, 0.2) is 0 Å². The molecule has 0 aromatic heterocycles. The van der Waals surface area contributed by atoms with Crippen LogP contribution in [0.3, 0.4) is 0 Å². The van der Waals surface area contributed by atoms with Crippen molar-refractivity contribution < 1.29 is 4.79 Å². The summed E-state index contributed by atoms with van der Waals surface area (Å²) >= 11 is 0. The van der Waals surface area contributed by atoms with Crippen LogP contribution in [-0.2, 0) is 0 Å². The summed E-state index contributed by atoms with van der Waals surface area (Å²) in [6, 6.07) is 0.0246. The third kappa shape index (κ3) is 2.08. The van der Waals surface area contributed by atoms with Crippen LogP contribution >= 0.6 is 0 Å². The number of hydrogen-bond donors (Lipinski definition) is 1. The van der Waals surface area contributed by atoms with Crippen LogP contribution < -0.4 is 5.32 Å². The molecule has 1 N–H and O–H groups in total. The number of urea groups is 1. The predicted molar refractivity (Wildman–Crippen MR) is 43.3 cm³/mol. The van der Waals surface area contributed by atoms with E-state index in [9.17, 15) is 4.79 Å². The lowest BCUT2D eigenvalue weighted by molar-refractivity contribution is 0.123. The van der Waals surface area contributed by atoms with Gasteiger partial charge in [-0.25, -0.2) is 4.79 Å². The van der Waals surface area contributed by atoms with Crippen LogP contribution in [0.25, 0.3) is 0 Å². The molecule has 4 nitrogen and oxygen atoms in total. The summed E-state index contributed by atoms with van der Waals surface area (Å²) in [5.74, 6) is 0. The maximum absolute atomic E-state index is 11.1. The first-order valence-electron chi connectivity index (χ1n) is 3.89. The molecule has 0 aliphatic carbocycles. The largest absolute Gasteiger partial charge is 0.341 e. The van der Waals surface area contributed by atoms with Gasteiger partial charge in [-0.1, -0.05) is 0 Å². The van der Waals surface area contributed by atoms with Gasteiger partial charge in [-0.2, -0.15) is 0 Å². The van der Waals surface area contributed by atoms with Crippen molar-refractivity contribution in [2.45, 2.75) is 6.42 Å². The Balaban J connectivity index is 2.39. The third-order valence-corrected chi connectivity index (χ3v) is 1.88. The van der Waals surface area contributed by atoms with Crippen molar-refractivity contribution in [1.29, 1.82) is 0 Å². The number of nitrogens with one attached hydrogen (secondary N) is 1. The molecule has 0 saturated carbocycles. The van der Waals surface area contributed by atoms with E-state index in [2.05, 4.69) is 10.2 Å². The van der Waals surface area contributed by atoms with E-state index in [1.54, 1.807) is 7.05 Å². The molecule has 0 aromatic rings. The van der Waals surface area contributed by atoms with E-state index >= 15 is 0 Å². The lowest BCUT2D eigenvalue weighted by Crippen LogP contribution is -2.48. The quantitative estimate of drug-likeness (QED) is 0.534. The molecule has 2 amide bonds. The van der Waals surface area contributed by atoms with Gasteiger partial charge in [0.2, 0.25) is 0 Å². The molecule has 64 valence electrons. The molecule has 0 atom stereocenters. The van der Waals surface area contributed by atoms with Crippen molar-refractivity contribution in [3.63, 3.8) is 0 Å². The minimum absolute atomic E-state index is 0.0246. The van der Waals surface area contributed by atoms with E-state index in [0.717, 1.165) is 26.2 Å². The summed E-state index contributed by atoms with van der Waals surface area (Å²) in [5, 5.41) is 2.62. The Labute approximate surface area is 67.2 Å². The third-order valence-electron chi connectivity index (χ3n) is 1.88. The molecule has 0 bridgehead atoms. The van der Waals surface area contributed by atoms with Crippen LogP contribution in [0.2, 0.25) is 0 Å². The van der Waals surface area contributed by atoms with Crippen LogP contribution in [0.4, 0.5) is 4.79 Å². The van der Waals surface area contributed by atoms with Gasteiger partial charge in [-0.3, -0.25) is 4.90 Å². The molecular weight excluding hydrogens is 142 g/mol. The highest BCUT2D eigenvalue weighted by atomic mass is 16.2. The number of nitrogens with zero attached hydrogens (tertiary/aromatic N) is 2. The van der Waals surface area contributed by atoms with Crippen molar-refractivity contribution in [3.8, 4) is 0 Å². The highest BCUT2D eigenvalue weighted by Gasteiger charge is 2.17. The van der Waals surface area contributed by atoms with Crippen LogP contribution in [0, 0.1) is 0 Å². The van der Waals surface area contributed by atoms with E-state index < -0.39 is 0 Å². The van der Waals surface area contributed by atoms with Gasteiger partial charge >= 0.3 is 6.03 Å². The fourth-order valence-electron chi connectivity index (χ4n) is 1.29. The monoisotopic (exact) mass is 157 g/mol. The zero-order valence-electron chi connectivity index (χ0n) is 7.13. The van der Waals surface area contributed by atoms with Gasteiger partial charge in [0, 0.05) is 20.1 Å². The molecule has 0 spiro atoms. The molecule has 0 unspecified atom stereocenters. The lowest BCUT2D eigenvalue weighted by Gasteiger charge is -2.32. The van der Waals surface area contributed by atoms with Gasteiger partial charge in [0.25, 0.3) is 0 Å². The predicted octanol–water partition coefficient (Wildman–Crippen LogP) is -0.0792. The number of amides is 2. The van der Waals surface area contributed by atoms with E-state index in [4.69, 9.17) is 0 Å². The zero-order valence-corrected chi connectivity index (χ0v) is 7.13. The highest BCUT2D eigenvalue weighted by Crippen LogP contribution is 2.02. The number of rotatable bonds is 0. The maximum Gasteiger partial charge on any atom is 0.318 e. The number of hydrogen-bond acceptors (Lipinski definition) is 2. The standard InChI is InChI=1S/C7H15N3O/c1-8-7(11)10-5-3-4-9(2)6-10/h3-6H2,1-2H3,(H,8,11). The Bertz CT molecular complexity index is 149.